The fraction of sp³-hybridized carbons (Fsp3) is 0.556. The summed E-state index contributed by atoms with van der Waals surface area (Å²) in [5.74, 6) is -0.761. The SMILES string of the molecule is CCOC(=O)N1CCC(NC(=NC)NCCOc2ccc(F)cc2F)CC1. The second-order valence-electron chi connectivity index (χ2n) is 6.03. The molecular formula is C18H26F2N4O3. The summed E-state index contributed by atoms with van der Waals surface area (Å²) in [5.41, 5.74) is 0. The maximum Gasteiger partial charge on any atom is 0.409 e. The standard InChI is InChI=1S/C18H26F2N4O3/c1-3-26-18(25)24-9-6-14(7-10-24)23-17(21-2)22-8-11-27-16-5-4-13(19)12-15(16)20/h4-5,12,14H,3,6-11H2,1-2H3,(H2,21,22,23). The van der Waals surface area contributed by atoms with Crippen LogP contribution in [0.1, 0.15) is 19.8 Å². The minimum atomic E-state index is -0.731. The number of guanidine groups is 1. The highest BCUT2D eigenvalue weighted by Crippen LogP contribution is 2.17. The number of ether oxygens (including phenoxy) is 2. The summed E-state index contributed by atoms with van der Waals surface area (Å²) < 4.78 is 36.6. The van der Waals surface area contributed by atoms with Crippen LogP contribution in [-0.2, 0) is 4.74 Å². The van der Waals surface area contributed by atoms with Gasteiger partial charge in [-0.1, -0.05) is 0 Å². The van der Waals surface area contributed by atoms with Crippen LogP contribution in [0.25, 0.3) is 0 Å². The molecule has 2 N–H and O–H groups in total. The van der Waals surface area contributed by atoms with Gasteiger partial charge >= 0.3 is 6.09 Å². The van der Waals surface area contributed by atoms with Crippen molar-refractivity contribution < 1.29 is 23.0 Å². The van der Waals surface area contributed by atoms with E-state index in [0.29, 0.717) is 32.2 Å². The number of likely N-dealkylation sites (tertiary alicyclic amines) is 1. The molecular weight excluding hydrogens is 358 g/mol. The van der Waals surface area contributed by atoms with E-state index in [2.05, 4.69) is 15.6 Å². The van der Waals surface area contributed by atoms with Gasteiger partial charge in [-0.05, 0) is 31.9 Å². The molecule has 0 spiro atoms. The van der Waals surface area contributed by atoms with Gasteiger partial charge in [0.25, 0.3) is 0 Å². The van der Waals surface area contributed by atoms with Gasteiger partial charge in [0.15, 0.2) is 17.5 Å². The molecule has 0 unspecified atom stereocenters. The molecule has 1 saturated heterocycles. The maximum atomic E-state index is 13.5. The molecule has 1 aliphatic rings. The quantitative estimate of drug-likeness (QED) is 0.447. The van der Waals surface area contributed by atoms with Crippen LogP contribution in [0, 0.1) is 11.6 Å². The highest BCUT2D eigenvalue weighted by molar-refractivity contribution is 5.80. The highest BCUT2D eigenvalue weighted by atomic mass is 19.1. The molecule has 1 heterocycles. The van der Waals surface area contributed by atoms with E-state index in [9.17, 15) is 13.6 Å². The van der Waals surface area contributed by atoms with Gasteiger partial charge in [0, 0.05) is 32.2 Å². The van der Waals surface area contributed by atoms with Crippen molar-refractivity contribution in [1.82, 2.24) is 15.5 Å². The molecule has 150 valence electrons. The van der Waals surface area contributed by atoms with Crippen molar-refractivity contribution in [2.75, 3.05) is 39.9 Å². The second kappa shape index (κ2) is 10.5. The van der Waals surface area contributed by atoms with Crippen LogP contribution in [0.15, 0.2) is 23.2 Å². The van der Waals surface area contributed by atoms with Crippen molar-refractivity contribution in [3.05, 3.63) is 29.8 Å². The number of nitrogens with zero attached hydrogens (tertiary/aromatic N) is 2. The number of rotatable bonds is 6. The lowest BCUT2D eigenvalue weighted by atomic mass is 10.1. The molecule has 9 heteroatoms. The molecule has 0 bridgehead atoms. The molecule has 0 aromatic heterocycles. The number of nitrogens with one attached hydrogen (secondary N) is 2. The fourth-order valence-corrected chi connectivity index (χ4v) is 2.73. The largest absolute Gasteiger partial charge is 0.489 e. The number of aliphatic imine (C=N–C) groups is 1. The highest BCUT2D eigenvalue weighted by Gasteiger charge is 2.23. The monoisotopic (exact) mass is 384 g/mol. The molecule has 1 fully saturated rings. The predicted molar refractivity (Wildman–Crippen MR) is 98.0 cm³/mol. The molecule has 1 aromatic carbocycles. The number of piperidine rings is 1. The van der Waals surface area contributed by atoms with E-state index in [1.165, 1.54) is 6.07 Å². The van der Waals surface area contributed by atoms with Gasteiger partial charge in [0.05, 0.1) is 13.2 Å². The van der Waals surface area contributed by atoms with Crippen molar-refractivity contribution in [3.8, 4) is 5.75 Å². The van der Waals surface area contributed by atoms with Gasteiger partial charge in [-0.2, -0.15) is 0 Å². The van der Waals surface area contributed by atoms with Gasteiger partial charge in [0.1, 0.15) is 12.4 Å². The van der Waals surface area contributed by atoms with E-state index in [4.69, 9.17) is 9.47 Å². The number of halogens is 2. The van der Waals surface area contributed by atoms with Crippen LogP contribution < -0.4 is 15.4 Å². The van der Waals surface area contributed by atoms with E-state index < -0.39 is 11.6 Å². The zero-order valence-electron chi connectivity index (χ0n) is 15.6. The second-order valence-corrected chi connectivity index (χ2v) is 6.03. The lowest BCUT2D eigenvalue weighted by Crippen LogP contribution is -2.50. The van der Waals surface area contributed by atoms with Crippen LogP contribution in [0.5, 0.6) is 5.75 Å². The van der Waals surface area contributed by atoms with Gasteiger partial charge < -0.3 is 25.0 Å². The summed E-state index contributed by atoms with van der Waals surface area (Å²) in [4.78, 5) is 17.5. The first-order valence-corrected chi connectivity index (χ1v) is 9.00. The van der Waals surface area contributed by atoms with Gasteiger partial charge in [-0.15, -0.1) is 0 Å². The Hall–Kier alpha value is -2.58. The molecule has 7 nitrogen and oxygen atoms in total. The lowest BCUT2D eigenvalue weighted by Gasteiger charge is -2.32. The summed E-state index contributed by atoms with van der Waals surface area (Å²) in [5, 5.41) is 6.38. The van der Waals surface area contributed by atoms with E-state index in [1.54, 1.807) is 18.9 Å². The number of carbonyl (C=O) groups excluding carboxylic acids is 1. The summed E-state index contributed by atoms with van der Waals surface area (Å²) in [6.07, 6.45) is 1.30. The number of carbonyl (C=O) groups is 1. The average molecular weight is 384 g/mol. The normalized spacial score (nSPS) is 15.4. The first-order chi connectivity index (χ1) is 13.0. The fourth-order valence-electron chi connectivity index (χ4n) is 2.73. The Morgan fingerprint density at radius 2 is 2.07 bits per heavy atom. The molecule has 1 amide bonds. The topological polar surface area (TPSA) is 75.2 Å². The van der Waals surface area contributed by atoms with Crippen molar-refractivity contribution in [2.45, 2.75) is 25.8 Å². The lowest BCUT2D eigenvalue weighted by molar-refractivity contribution is 0.0963. The van der Waals surface area contributed by atoms with Crippen LogP contribution in [0.3, 0.4) is 0 Å². The minimum absolute atomic E-state index is 0.00693. The summed E-state index contributed by atoms with van der Waals surface area (Å²) in [6, 6.07) is 3.38. The van der Waals surface area contributed by atoms with Gasteiger partial charge in [-0.25, -0.2) is 13.6 Å². The smallest absolute Gasteiger partial charge is 0.409 e. The first-order valence-electron chi connectivity index (χ1n) is 9.00. The molecule has 0 aliphatic carbocycles. The number of amides is 1. The summed E-state index contributed by atoms with van der Waals surface area (Å²) in [7, 11) is 1.66. The first kappa shape index (κ1) is 20.7. The van der Waals surface area contributed by atoms with Crippen LogP contribution in [0.2, 0.25) is 0 Å². The number of hydrogen-bond acceptors (Lipinski definition) is 4. The predicted octanol–water partition coefficient (Wildman–Crippen LogP) is 2.13. The minimum Gasteiger partial charge on any atom is -0.489 e. The Labute approximate surface area is 157 Å². The van der Waals surface area contributed by atoms with E-state index >= 15 is 0 Å². The van der Waals surface area contributed by atoms with Crippen LogP contribution >= 0.6 is 0 Å². The third-order valence-corrected chi connectivity index (χ3v) is 4.13. The number of hydrogen-bond donors (Lipinski definition) is 2. The molecule has 27 heavy (non-hydrogen) atoms. The van der Waals surface area contributed by atoms with Crippen molar-refractivity contribution in [2.24, 2.45) is 4.99 Å². The molecule has 0 saturated carbocycles. The zero-order valence-corrected chi connectivity index (χ0v) is 15.6. The van der Waals surface area contributed by atoms with Crippen molar-refractivity contribution in [1.29, 1.82) is 0 Å². The van der Waals surface area contributed by atoms with Crippen LogP contribution in [-0.4, -0.2) is 62.9 Å². The Morgan fingerprint density at radius 3 is 2.70 bits per heavy atom. The summed E-state index contributed by atoms with van der Waals surface area (Å²) >= 11 is 0. The van der Waals surface area contributed by atoms with E-state index in [-0.39, 0.29) is 24.5 Å². The van der Waals surface area contributed by atoms with Crippen LogP contribution in [0.4, 0.5) is 13.6 Å². The summed E-state index contributed by atoms with van der Waals surface area (Å²) in [6.45, 7) is 4.01. The van der Waals surface area contributed by atoms with Crippen molar-refractivity contribution in [3.63, 3.8) is 0 Å². The van der Waals surface area contributed by atoms with Crippen molar-refractivity contribution >= 4 is 12.1 Å². The van der Waals surface area contributed by atoms with Gasteiger partial charge in [0.2, 0.25) is 0 Å². The Kier molecular flexibility index (Phi) is 8.09. The van der Waals surface area contributed by atoms with Gasteiger partial charge in [-0.3, -0.25) is 4.99 Å². The molecule has 2 rings (SSSR count). The third-order valence-electron chi connectivity index (χ3n) is 4.13. The van der Waals surface area contributed by atoms with E-state index in [1.807, 2.05) is 0 Å². The maximum absolute atomic E-state index is 13.5. The zero-order chi connectivity index (χ0) is 19.6. The Bertz CT molecular complexity index is 649. The molecule has 0 radical (unpaired) electrons. The third kappa shape index (κ3) is 6.58. The number of benzene rings is 1. The Balaban J connectivity index is 1.68. The molecule has 0 atom stereocenters. The Morgan fingerprint density at radius 1 is 1.33 bits per heavy atom. The molecule has 1 aliphatic heterocycles. The molecule has 1 aromatic rings. The average Bonchev–Trinajstić information content (AvgIpc) is 2.66. The van der Waals surface area contributed by atoms with E-state index in [0.717, 1.165) is 25.0 Å².